The van der Waals surface area contributed by atoms with E-state index in [9.17, 15) is 10.5 Å². The molecule has 2 aliphatic rings. The summed E-state index contributed by atoms with van der Waals surface area (Å²) in [6, 6.07) is 15.3. The molecule has 0 bridgehead atoms. The van der Waals surface area contributed by atoms with Crippen molar-refractivity contribution in [1.82, 2.24) is 34.3 Å². The number of hydrogen-bond donors (Lipinski definition) is 0. The number of ether oxygens (including phenoxy) is 1. The van der Waals surface area contributed by atoms with Crippen LogP contribution in [0.4, 0.5) is 5.82 Å². The average molecular weight is 571 g/mol. The summed E-state index contributed by atoms with van der Waals surface area (Å²) in [7, 11) is 3.50. The Morgan fingerprint density at radius 3 is 2.56 bits per heavy atom. The van der Waals surface area contributed by atoms with Gasteiger partial charge in [-0.25, -0.2) is 14.5 Å². The lowest BCUT2D eigenvalue weighted by Gasteiger charge is -2.51. The standard InChI is InChI=1S/C32H30N10O/c1-32(8-9-33)20-40(16-21-4-7-29(43-3)36-12-21)27-19-41(31(27)32)28-6-5-22(13-35-28)26-10-23(25-15-37-39(2)17-25)18-42-30(26)24(11-34)14-38-42/h4-7,10,12-15,17-18,27,31H,8,16,19-20H2,1-3H3/t27-,31+,32?/m0/s1. The molecule has 0 aromatic carbocycles. The van der Waals surface area contributed by atoms with Gasteiger partial charge >= 0.3 is 0 Å². The Bertz CT molecular complexity index is 1900. The Labute approximate surface area is 249 Å². The smallest absolute Gasteiger partial charge is 0.212 e. The number of likely N-dealkylation sites (tertiary alicyclic amines) is 1. The van der Waals surface area contributed by atoms with Crippen LogP contribution in [0.1, 0.15) is 24.5 Å². The quantitative estimate of drug-likeness (QED) is 0.285. The summed E-state index contributed by atoms with van der Waals surface area (Å²) in [5, 5.41) is 28.3. The Balaban J connectivity index is 1.18. The van der Waals surface area contributed by atoms with E-state index in [-0.39, 0.29) is 11.5 Å². The first-order valence-electron chi connectivity index (χ1n) is 14.1. The second kappa shape index (κ2) is 10.2. The SMILES string of the molecule is COc1ccc(CN2CC(C)(CC#N)[C@H]3[C@@H]2CN3c2ccc(-c3cc(-c4cnn(C)c4)cn4ncc(C#N)c34)cn2)cn1. The van der Waals surface area contributed by atoms with Crippen LogP contribution in [0.25, 0.3) is 27.8 Å². The second-order valence-electron chi connectivity index (χ2n) is 11.7. The lowest BCUT2D eigenvalue weighted by molar-refractivity contribution is 0.190. The molecule has 2 fully saturated rings. The number of methoxy groups -OCH3 is 1. The molecule has 5 aromatic heterocycles. The predicted octanol–water partition coefficient (Wildman–Crippen LogP) is 4.07. The summed E-state index contributed by atoms with van der Waals surface area (Å²) in [6.07, 6.45) is 11.5. The van der Waals surface area contributed by atoms with Gasteiger partial charge < -0.3 is 9.64 Å². The molecule has 3 atom stereocenters. The molecule has 2 saturated heterocycles. The van der Waals surface area contributed by atoms with Crippen molar-refractivity contribution in [2.75, 3.05) is 25.1 Å². The van der Waals surface area contributed by atoms with E-state index in [1.807, 2.05) is 50.2 Å². The van der Waals surface area contributed by atoms with Gasteiger partial charge in [-0.2, -0.15) is 20.7 Å². The van der Waals surface area contributed by atoms with Gasteiger partial charge in [-0.3, -0.25) is 9.58 Å². The van der Waals surface area contributed by atoms with Crippen LogP contribution >= 0.6 is 0 Å². The van der Waals surface area contributed by atoms with E-state index in [0.29, 0.717) is 23.9 Å². The first kappa shape index (κ1) is 26.6. The van der Waals surface area contributed by atoms with Crippen molar-refractivity contribution >= 4 is 11.3 Å². The van der Waals surface area contributed by atoms with Crippen LogP contribution in [-0.2, 0) is 13.6 Å². The predicted molar refractivity (Wildman–Crippen MR) is 160 cm³/mol. The van der Waals surface area contributed by atoms with Crippen LogP contribution in [0.3, 0.4) is 0 Å². The highest BCUT2D eigenvalue weighted by atomic mass is 16.5. The molecule has 0 N–H and O–H groups in total. The van der Waals surface area contributed by atoms with E-state index in [0.717, 1.165) is 58.8 Å². The van der Waals surface area contributed by atoms with Gasteiger partial charge in [0.25, 0.3) is 0 Å². The molecule has 0 saturated carbocycles. The first-order chi connectivity index (χ1) is 20.9. The van der Waals surface area contributed by atoms with Crippen molar-refractivity contribution in [3.8, 4) is 40.3 Å². The molecule has 43 heavy (non-hydrogen) atoms. The molecule has 2 aliphatic heterocycles. The molecule has 7 rings (SSSR count). The van der Waals surface area contributed by atoms with Crippen molar-refractivity contribution in [1.29, 1.82) is 10.5 Å². The average Bonchev–Trinajstić information content (AvgIpc) is 3.67. The molecule has 0 radical (unpaired) electrons. The number of rotatable bonds is 7. The minimum absolute atomic E-state index is 0.178. The summed E-state index contributed by atoms with van der Waals surface area (Å²) < 4.78 is 8.73. The maximum atomic E-state index is 9.78. The lowest BCUT2D eigenvalue weighted by atomic mass is 9.75. The van der Waals surface area contributed by atoms with Gasteiger partial charge in [0.2, 0.25) is 5.88 Å². The minimum atomic E-state index is -0.193. The van der Waals surface area contributed by atoms with Crippen LogP contribution in [0.5, 0.6) is 5.88 Å². The van der Waals surface area contributed by atoms with E-state index in [4.69, 9.17) is 9.72 Å². The fourth-order valence-electron chi connectivity index (χ4n) is 6.79. The largest absolute Gasteiger partial charge is 0.481 e. The zero-order valence-corrected chi connectivity index (χ0v) is 24.2. The number of nitriles is 2. The van der Waals surface area contributed by atoms with Gasteiger partial charge in [-0.05, 0) is 23.8 Å². The van der Waals surface area contributed by atoms with Crippen LogP contribution in [-0.4, -0.2) is 66.5 Å². The Kier molecular flexibility index (Phi) is 6.33. The summed E-state index contributed by atoms with van der Waals surface area (Å²) >= 11 is 0. The van der Waals surface area contributed by atoms with Gasteiger partial charge in [0.15, 0.2) is 0 Å². The molecule has 0 aliphatic carbocycles. The highest BCUT2D eigenvalue weighted by Crippen LogP contribution is 2.48. The minimum Gasteiger partial charge on any atom is -0.481 e. The van der Waals surface area contributed by atoms with Gasteiger partial charge in [-0.1, -0.05) is 13.0 Å². The molecule has 0 amide bonds. The van der Waals surface area contributed by atoms with E-state index in [1.54, 1.807) is 22.5 Å². The highest BCUT2D eigenvalue weighted by molar-refractivity contribution is 5.87. The number of hydrogen-bond acceptors (Lipinski definition) is 9. The van der Waals surface area contributed by atoms with Crippen molar-refractivity contribution in [2.45, 2.75) is 32.0 Å². The van der Waals surface area contributed by atoms with E-state index < -0.39 is 0 Å². The Morgan fingerprint density at radius 2 is 1.88 bits per heavy atom. The summed E-state index contributed by atoms with van der Waals surface area (Å²) in [5.74, 6) is 1.49. The lowest BCUT2D eigenvalue weighted by Crippen LogP contribution is -2.65. The third-order valence-electron chi connectivity index (χ3n) is 8.83. The van der Waals surface area contributed by atoms with Gasteiger partial charge in [0.05, 0.1) is 42.7 Å². The normalized spacial score (nSPS) is 21.3. The topological polar surface area (TPSA) is 124 Å². The number of anilines is 1. The molecule has 214 valence electrons. The van der Waals surface area contributed by atoms with E-state index in [1.165, 1.54) is 0 Å². The number of fused-ring (bicyclic) bond motifs is 2. The van der Waals surface area contributed by atoms with E-state index in [2.05, 4.69) is 62.2 Å². The number of aromatic nitrogens is 6. The molecule has 11 heteroatoms. The maximum absolute atomic E-state index is 9.78. The monoisotopic (exact) mass is 570 g/mol. The van der Waals surface area contributed by atoms with Crippen molar-refractivity contribution < 1.29 is 4.74 Å². The number of pyridine rings is 3. The summed E-state index contributed by atoms with van der Waals surface area (Å²) in [5.41, 5.74) is 5.87. The fraction of sp³-hybridized carbons (Fsp3) is 0.312. The Hall–Kier alpha value is -5.26. The van der Waals surface area contributed by atoms with Gasteiger partial charge in [0, 0.05) is 97.7 Å². The molecular formula is C32H30N10O. The second-order valence-corrected chi connectivity index (χ2v) is 11.7. The van der Waals surface area contributed by atoms with Crippen LogP contribution in [0.15, 0.2) is 67.5 Å². The number of nitrogens with zero attached hydrogens (tertiary/aromatic N) is 10. The molecule has 5 aromatic rings. The molecule has 1 unspecified atom stereocenters. The van der Waals surface area contributed by atoms with Crippen molar-refractivity contribution in [3.05, 3.63) is 78.6 Å². The van der Waals surface area contributed by atoms with Crippen LogP contribution in [0, 0.1) is 28.1 Å². The first-order valence-corrected chi connectivity index (χ1v) is 14.1. The third-order valence-corrected chi connectivity index (χ3v) is 8.83. The maximum Gasteiger partial charge on any atom is 0.212 e. The molecule has 11 nitrogen and oxygen atoms in total. The molecule has 0 spiro atoms. The highest BCUT2D eigenvalue weighted by Gasteiger charge is 2.58. The van der Waals surface area contributed by atoms with Gasteiger partial charge in [-0.15, -0.1) is 0 Å². The fourth-order valence-corrected chi connectivity index (χ4v) is 6.79. The number of aryl methyl sites for hydroxylation is 1. The molecular weight excluding hydrogens is 540 g/mol. The van der Waals surface area contributed by atoms with Crippen LogP contribution in [0.2, 0.25) is 0 Å². The summed E-state index contributed by atoms with van der Waals surface area (Å²) in [4.78, 5) is 14.1. The summed E-state index contributed by atoms with van der Waals surface area (Å²) in [6.45, 7) is 4.65. The zero-order valence-electron chi connectivity index (χ0n) is 24.2. The van der Waals surface area contributed by atoms with Crippen molar-refractivity contribution in [2.24, 2.45) is 12.5 Å². The molecule has 7 heterocycles. The van der Waals surface area contributed by atoms with Crippen molar-refractivity contribution in [3.63, 3.8) is 0 Å². The third kappa shape index (κ3) is 4.46. The van der Waals surface area contributed by atoms with Gasteiger partial charge in [0.1, 0.15) is 11.9 Å². The van der Waals surface area contributed by atoms with E-state index >= 15 is 0 Å². The van der Waals surface area contributed by atoms with Crippen LogP contribution < -0.4 is 9.64 Å². The Morgan fingerprint density at radius 1 is 1.00 bits per heavy atom. The zero-order chi connectivity index (χ0) is 29.7.